The summed E-state index contributed by atoms with van der Waals surface area (Å²) in [5.74, 6) is 1.15. The monoisotopic (exact) mass is 355 g/mol. The number of amides is 1. The number of benzene rings is 1. The highest BCUT2D eigenvalue weighted by atomic mass is 16.3. The Labute approximate surface area is 153 Å². The molecule has 0 spiro atoms. The van der Waals surface area contributed by atoms with Crippen LogP contribution in [0.15, 0.2) is 30.3 Å². The van der Waals surface area contributed by atoms with Gasteiger partial charge >= 0.3 is 0 Å². The molecule has 4 N–H and O–H groups in total. The van der Waals surface area contributed by atoms with Gasteiger partial charge in [0, 0.05) is 30.4 Å². The van der Waals surface area contributed by atoms with Gasteiger partial charge in [-0.2, -0.15) is 0 Å². The van der Waals surface area contributed by atoms with Crippen LogP contribution in [-0.2, 0) is 4.79 Å². The summed E-state index contributed by atoms with van der Waals surface area (Å²) in [5.41, 5.74) is 7.45. The highest BCUT2D eigenvalue weighted by Crippen LogP contribution is 2.30. The number of hydrogen-bond donors (Lipinski definition) is 3. The average molecular weight is 355 g/mol. The summed E-state index contributed by atoms with van der Waals surface area (Å²) < 4.78 is 0. The molecule has 1 aromatic heterocycles. The standard InChI is InChI=1S/C19H25N5O2/c1-11(2)21-19(26)15-9-13(20)10-24(15)17-8-12(3)22-18(23-17)14-6-4-5-7-16(14)25/h4-8,11,13,15,25H,9-10,20H2,1-3H3,(H,21,26)/t13-,15+/m1/s1. The van der Waals surface area contributed by atoms with Crippen LogP contribution in [0.4, 0.5) is 5.82 Å². The van der Waals surface area contributed by atoms with Gasteiger partial charge in [0.05, 0.1) is 5.56 Å². The van der Waals surface area contributed by atoms with E-state index in [0.717, 1.165) is 5.69 Å². The maximum Gasteiger partial charge on any atom is 0.243 e. The van der Waals surface area contributed by atoms with Crippen LogP contribution in [0.1, 0.15) is 26.0 Å². The second kappa shape index (κ2) is 7.29. The van der Waals surface area contributed by atoms with Crippen molar-refractivity contribution in [2.75, 3.05) is 11.4 Å². The van der Waals surface area contributed by atoms with E-state index in [1.807, 2.05) is 37.8 Å². The number of hydrogen-bond acceptors (Lipinski definition) is 6. The van der Waals surface area contributed by atoms with Crippen molar-refractivity contribution >= 4 is 11.7 Å². The predicted octanol–water partition coefficient (Wildman–Crippen LogP) is 1.59. The molecule has 26 heavy (non-hydrogen) atoms. The minimum absolute atomic E-state index is 0.0478. The summed E-state index contributed by atoms with van der Waals surface area (Å²) >= 11 is 0. The molecule has 1 aromatic carbocycles. The number of aromatic hydroxyl groups is 1. The summed E-state index contributed by atoms with van der Waals surface area (Å²) in [6.45, 7) is 6.28. The van der Waals surface area contributed by atoms with Gasteiger partial charge in [-0.25, -0.2) is 9.97 Å². The molecule has 7 heteroatoms. The van der Waals surface area contributed by atoms with Crippen LogP contribution in [0.25, 0.3) is 11.4 Å². The molecule has 1 fully saturated rings. The van der Waals surface area contributed by atoms with Gasteiger partial charge in [0.1, 0.15) is 17.6 Å². The van der Waals surface area contributed by atoms with E-state index in [9.17, 15) is 9.90 Å². The molecule has 1 aliphatic heterocycles. The van der Waals surface area contributed by atoms with E-state index in [0.29, 0.717) is 30.2 Å². The summed E-state index contributed by atoms with van der Waals surface area (Å²) in [7, 11) is 0. The number of nitrogens with one attached hydrogen (secondary N) is 1. The van der Waals surface area contributed by atoms with Gasteiger partial charge in [-0.05, 0) is 39.3 Å². The lowest BCUT2D eigenvalue weighted by Crippen LogP contribution is -2.46. The van der Waals surface area contributed by atoms with E-state index < -0.39 is 0 Å². The molecule has 0 saturated carbocycles. The first-order chi connectivity index (χ1) is 12.3. The lowest BCUT2D eigenvalue weighted by molar-refractivity contribution is -0.122. The van der Waals surface area contributed by atoms with Crippen molar-refractivity contribution in [3.63, 3.8) is 0 Å². The van der Waals surface area contributed by atoms with Crippen molar-refractivity contribution in [1.82, 2.24) is 15.3 Å². The van der Waals surface area contributed by atoms with Crippen LogP contribution in [0.2, 0.25) is 0 Å². The van der Waals surface area contributed by atoms with Crippen molar-refractivity contribution in [3.05, 3.63) is 36.0 Å². The number of phenolic OH excluding ortho intramolecular Hbond substituents is 1. The maximum atomic E-state index is 12.6. The smallest absolute Gasteiger partial charge is 0.243 e. The number of rotatable bonds is 4. The van der Waals surface area contributed by atoms with Crippen molar-refractivity contribution in [3.8, 4) is 17.1 Å². The Bertz CT molecular complexity index is 808. The largest absolute Gasteiger partial charge is 0.507 e. The number of carbonyl (C=O) groups excluding carboxylic acids is 1. The Kier molecular flexibility index (Phi) is 5.08. The number of nitrogens with two attached hydrogens (primary N) is 1. The van der Waals surface area contributed by atoms with Crippen molar-refractivity contribution in [2.24, 2.45) is 5.73 Å². The molecule has 2 aromatic rings. The highest BCUT2D eigenvalue weighted by molar-refractivity contribution is 5.86. The molecule has 2 atom stereocenters. The molecule has 0 radical (unpaired) electrons. The van der Waals surface area contributed by atoms with Crippen LogP contribution >= 0.6 is 0 Å². The number of para-hydroxylation sites is 1. The zero-order valence-electron chi connectivity index (χ0n) is 15.3. The van der Waals surface area contributed by atoms with Crippen molar-refractivity contribution in [1.29, 1.82) is 0 Å². The maximum absolute atomic E-state index is 12.6. The van der Waals surface area contributed by atoms with Crippen LogP contribution in [0.3, 0.4) is 0 Å². The number of nitrogens with zero attached hydrogens (tertiary/aromatic N) is 3. The lowest BCUT2D eigenvalue weighted by Gasteiger charge is -2.26. The lowest BCUT2D eigenvalue weighted by atomic mass is 10.1. The molecule has 1 amide bonds. The Hall–Kier alpha value is -2.67. The third-order valence-corrected chi connectivity index (χ3v) is 4.35. The molecule has 0 bridgehead atoms. The van der Waals surface area contributed by atoms with E-state index >= 15 is 0 Å². The van der Waals surface area contributed by atoms with Gasteiger partial charge < -0.3 is 21.1 Å². The van der Waals surface area contributed by atoms with Gasteiger partial charge in [-0.1, -0.05) is 12.1 Å². The van der Waals surface area contributed by atoms with Crippen molar-refractivity contribution < 1.29 is 9.90 Å². The molecular formula is C19H25N5O2. The van der Waals surface area contributed by atoms with Crippen molar-refractivity contribution in [2.45, 2.75) is 45.3 Å². The molecule has 7 nitrogen and oxygen atoms in total. The number of aromatic nitrogens is 2. The Morgan fingerprint density at radius 3 is 2.77 bits per heavy atom. The topological polar surface area (TPSA) is 104 Å². The van der Waals surface area contributed by atoms with Gasteiger partial charge in [0.2, 0.25) is 5.91 Å². The van der Waals surface area contributed by atoms with Crippen LogP contribution < -0.4 is 16.0 Å². The van der Waals surface area contributed by atoms with E-state index in [-0.39, 0.29) is 29.8 Å². The Morgan fingerprint density at radius 2 is 2.08 bits per heavy atom. The Balaban J connectivity index is 1.97. The summed E-state index contributed by atoms with van der Waals surface area (Å²) in [6.07, 6.45) is 0.577. The predicted molar refractivity (Wildman–Crippen MR) is 101 cm³/mol. The number of phenols is 1. The third-order valence-electron chi connectivity index (χ3n) is 4.35. The van der Waals surface area contributed by atoms with E-state index in [1.165, 1.54) is 0 Å². The quantitative estimate of drug-likeness (QED) is 0.769. The third kappa shape index (κ3) is 3.77. The van der Waals surface area contributed by atoms with Crippen LogP contribution in [-0.4, -0.2) is 45.7 Å². The first kappa shape index (κ1) is 18.1. The number of anilines is 1. The van der Waals surface area contributed by atoms with Gasteiger partial charge in [-0.15, -0.1) is 0 Å². The molecule has 2 heterocycles. The molecule has 0 aliphatic carbocycles. The fourth-order valence-electron chi connectivity index (χ4n) is 3.23. The average Bonchev–Trinajstić information content (AvgIpc) is 2.96. The molecular weight excluding hydrogens is 330 g/mol. The first-order valence-corrected chi connectivity index (χ1v) is 8.82. The fourth-order valence-corrected chi connectivity index (χ4v) is 3.23. The summed E-state index contributed by atoms with van der Waals surface area (Å²) in [4.78, 5) is 23.6. The molecule has 138 valence electrons. The molecule has 0 unspecified atom stereocenters. The van der Waals surface area contributed by atoms with Gasteiger partial charge in [0.25, 0.3) is 0 Å². The minimum atomic E-state index is -0.362. The van der Waals surface area contributed by atoms with Crippen LogP contribution in [0.5, 0.6) is 5.75 Å². The Morgan fingerprint density at radius 1 is 1.35 bits per heavy atom. The first-order valence-electron chi connectivity index (χ1n) is 8.82. The summed E-state index contributed by atoms with van der Waals surface area (Å²) in [6, 6.07) is 8.40. The zero-order valence-corrected chi connectivity index (χ0v) is 15.3. The fraction of sp³-hybridized carbons (Fsp3) is 0.421. The number of aryl methyl sites for hydroxylation is 1. The van der Waals surface area contributed by atoms with Gasteiger partial charge in [0.15, 0.2) is 5.82 Å². The SMILES string of the molecule is Cc1cc(N2C[C@H](N)C[C@H]2C(=O)NC(C)C)nc(-c2ccccc2O)n1. The normalized spacial score (nSPS) is 19.8. The molecule has 1 aliphatic rings. The second-order valence-electron chi connectivity index (χ2n) is 7.04. The van der Waals surface area contributed by atoms with E-state index in [1.54, 1.807) is 18.2 Å². The van der Waals surface area contributed by atoms with E-state index in [2.05, 4.69) is 15.3 Å². The van der Waals surface area contributed by atoms with Crippen LogP contribution in [0, 0.1) is 6.92 Å². The summed E-state index contributed by atoms with van der Waals surface area (Å²) in [5, 5.41) is 13.1. The molecule has 3 rings (SSSR count). The highest BCUT2D eigenvalue weighted by Gasteiger charge is 2.36. The molecule has 1 saturated heterocycles. The van der Waals surface area contributed by atoms with Gasteiger partial charge in [-0.3, -0.25) is 4.79 Å². The van der Waals surface area contributed by atoms with E-state index in [4.69, 9.17) is 5.73 Å². The number of carbonyl (C=O) groups is 1. The zero-order chi connectivity index (χ0) is 18.8. The minimum Gasteiger partial charge on any atom is -0.507 e. The second-order valence-corrected chi connectivity index (χ2v) is 7.04.